The van der Waals surface area contributed by atoms with Gasteiger partial charge in [-0.3, -0.25) is 4.79 Å². The van der Waals surface area contributed by atoms with Crippen LogP contribution in [-0.2, 0) is 14.3 Å². The number of carbonyl (C=O) groups excluding carboxylic acids is 1. The molecule has 0 saturated carbocycles. The highest BCUT2D eigenvalue weighted by atomic mass is 19.1. The van der Waals surface area contributed by atoms with Crippen molar-refractivity contribution in [1.29, 1.82) is 0 Å². The van der Waals surface area contributed by atoms with E-state index < -0.39 is 24.4 Å². The van der Waals surface area contributed by atoms with Crippen LogP contribution >= 0.6 is 0 Å². The Morgan fingerprint density at radius 1 is 0.727 bits per heavy atom. The molecule has 1 aliphatic heterocycles. The van der Waals surface area contributed by atoms with Crippen molar-refractivity contribution in [3.8, 4) is 142 Å². The molecule has 0 aromatic carbocycles. The number of halogens is 1. The summed E-state index contributed by atoms with van der Waals surface area (Å²) in [6.45, 7) is 23.6. The summed E-state index contributed by atoms with van der Waals surface area (Å²) in [7, 11) is 0. The molecule has 320 valence electrons. The van der Waals surface area contributed by atoms with Gasteiger partial charge in [0.05, 0.1) is 18.8 Å². The van der Waals surface area contributed by atoms with Gasteiger partial charge in [-0.25, -0.2) is 4.39 Å². The molecule has 1 amide bonds. The van der Waals surface area contributed by atoms with E-state index in [-0.39, 0.29) is 76.5 Å². The number of amides is 1. The molecular formula is C50H90FNO3. The zero-order valence-corrected chi connectivity index (χ0v) is 31.8. The fraction of sp³-hybridized carbons (Fsp3) is 0.340. The Balaban J connectivity index is -0.0000000573. The summed E-state index contributed by atoms with van der Waals surface area (Å²) in [4.78, 5) is 12.7. The van der Waals surface area contributed by atoms with Crippen molar-refractivity contribution in [1.82, 2.24) is 5.32 Å². The van der Waals surface area contributed by atoms with E-state index >= 15 is 4.39 Å². The Hall–Kier alpha value is -7.00. The quantitative estimate of drug-likeness (QED) is 0.150. The Morgan fingerprint density at radius 3 is 1.56 bits per heavy atom. The lowest BCUT2D eigenvalue weighted by Crippen LogP contribution is -2.50. The summed E-state index contributed by atoms with van der Waals surface area (Å²) in [6, 6.07) is -0.981. The smallest absolute Gasteiger partial charge is 0.297 e. The summed E-state index contributed by atoms with van der Waals surface area (Å²) in [6.07, 6.45) is 7.08. The molecule has 0 radical (unpaired) electrons. The number of hydrogen-bond donors (Lipinski definition) is 1. The molecule has 1 aliphatic rings. The predicted octanol–water partition coefficient (Wildman–Crippen LogP) is 11.7. The monoisotopic (exact) mass is 772 g/mol. The summed E-state index contributed by atoms with van der Waals surface area (Å²) < 4.78 is 28.1. The van der Waals surface area contributed by atoms with E-state index in [4.69, 9.17) is 9.47 Å². The van der Waals surface area contributed by atoms with Crippen molar-refractivity contribution in [2.45, 2.75) is 78.0 Å². The van der Waals surface area contributed by atoms with Gasteiger partial charge in [0, 0.05) is 87.5 Å². The Morgan fingerprint density at radius 2 is 1.16 bits per heavy atom. The third kappa shape index (κ3) is 21.2. The van der Waals surface area contributed by atoms with Crippen LogP contribution in [0.1, 0.15) is 87.6 Å². The third-order valence-corrected chi connectivity index (χ3v) is 7.37. The number of hydrogen-bond acceptors (Lipinski definition) is 3. The Labute approximate surface area is 365 Å². The molecule has 1 N–H and O–H groups in total. The third-order valence-electron chi connectivity index (χ3n) is 7.37. The van der Waals surface area contributed by atoms with Crippen LogP contribution in [0.4, 0.5) is 4.39 Å². The molecule has 0 aromatic rings. The predicted molar refractivity (Wildman–Crippen MR) is 270 cm³/mol. The van der Waals surface area contributed by atoms with E-state index in [0.29, 0.717) is 12.8 Å². The molecule has 4 nitrogen and oxygen atoms in total. The van der Waals surface area contributed by atoms with Gasteiger partial charge in [0.1, 0.15) is 6.17 Å². The highest BCUT2D eigenvalue weighted by molar-refractivity contribution is 5.94. The van der Waals surface area contributed by atoms with E-state index in [1.807, 2.05) is 12.2 Å². The van der Waals surface area contributed by atoms with Gasteiger partial charge in [-0.15, -0.1) is 26.3 Å². The summed E-state index contributed by atoms with van der Waals surface area (Å²) in [5.74, 6) is 59.0. The lowest BCUT2D eigenvalue weighted by Gasteiger charge is -2.44. The SMILES string of the molecule is C=CCC1O[C@H](OC[C@H](NC(=O)C#CC#CC#CC#CC#CC#CC#CC#CC#CC#CC#CC#CC)[C@H](F)CCCC(C)(C)C)[C@@H](C=C)C(C=C)[C@H]1C=C.[HH].[HH].[HH].[HH].[HH].[HH].[HH].[HH].[HH].[HH].[HH].[HH].[HH].[HH].[HH].[HH].[HH].[HH].[HH].[HH].[HH].[HH].[HH].[HH]. The van der Waals surface area contributed by atoms with Crippen molar-refractivity contribution < 1.29 is 52.9 Å². The number of allylic oxidation sites excluding steroid dienone is 1. The maximum atomic E-state index is 15.6. The van der Waals surface area contributed by atoms with Crippen molar-refractivity contribution in [3.05, 3.63) is 50.6 Å². The Kier molecular flexibility index (Phi) is 23.9. The molecule has 1 saturated heterocycles. The summed E-state index contributed by atoms with van der Waals surface area (Å²) in [5.41, 5.74) is 0.0474. The van der Waals surface area contributed by atoms with Crippen LogP contribution < -0.4 is 5.32 Å². The second-order valence-electron chi connectivity index (χ2n) is 12.5. The number of alkyl halides is 1. The van der Waals surface area contributed by atoms with Gasteiger partial charge >= 0.3 is 0 Å². The standard InChI is InChI=1S/C50H42FNO3.24H2/c1-9-14-15-16-17-18-19-20-21-22-23-24-25-26-27-28-29-30-31-32-33-34-35-39-48(53)52-46(45(51)38-36-40-50(6,7)8)41-54-49-44(13-5)42(11-3)43(12-4)47(55-49)37-10-2;;;;;;;;;;;;;;;;;;;;;;;;/h10-13,42-47,49H,2-5,36-38,40-41H2,1,6-8H3,(H,52,53);24*1H/t42?,43-,44+,45-,46+,47?,49+;;;;;;;;;;;;;;;;;;;;;;;;/m1......................../s1. The molecule has 1 heterocycles. The highest BCUT2D eigenvalue weighted by Gasteiger charge is 2.42. The van der Waals surface area contributed by atoms with E-state index in [0.717, 1.165) is 6.42 Å². The van der Waals surface area contributed by atoms with Crippen LogP contribution in [0.2, 0.25) is 0 Å². The molecule has 0 spiro atoms. The lowest BCUT2D eigenvalue weighted by atomic mass is 9.75. The molecule has 0 bridgehead atoms. The van der Waals surface area contributed by atoms with E-state index in [2.05, 4.69) is 194 Å². The van der Waals surface area contributed by atoms with Crippen molar-refractivity contribution >= 4 is 5.91 Å². The molecule has 1 fully saturated rings. The van der Waals surface area contributed by atoms with Crippen LogP contribution in [0.3, 0.4) is 0 Å². The zero-order chi connectivity index (χ0) is 40.6. The van der Waals surface area contributed by atoms with Crippen molar-refractivity contribution in [2.75, 3.05) is 6.61 Å². The van der Waals surface area contributed by atoms with E-state index in [1.165, 1.54) is 0 Å². The van der Waals surface area contributed by atoms with Gasteiger partial charge in [-0.2, -0.15) is 0 Å². The van der Waals surface area contributed by atoms with Gasteiger partial charge in [0.2, 0.25) is 0 Å². The number of nitrogens with one attached hydrogen (secondary N) is 1. The minimum atomic E-state index is -1.39. The normalized spacial score (nSPS) is 17.7. The molecular weight excluding hydrogens is 682 g/mol. The van der Waals surface area contributed by atoms with Crippen LogP contribution in [0.15, 0.2) is 50.6 Å². The van der Waals surface area contributed by atoms with Crippen molar-refractivity contribution in [3.63, 3.8) is 0 Å². The van der Waals surface area contributed by atoms with Gasteiger partial charge in [-0.05, 0) is 139 Å². The second-order valence-corrected chi connectivity index (χ2v) is 12.5. The van der Waals surface area contributed by atoms with Crippen LogP contribution in [0.25, 0.3) is 0 Å². The first-order valence-electron chi connectivity index (χ1n) is 17.2. The first kappa shape index (κ1) is 46.0. The minimum Gasteiger partial charge on any atom is -0.350 e. The van der Waals surface area contributed by atoms with E-state index in [9.17, 15) is 4.79 Å². The highest BCUT2D eigenvalue weighted by Crippen LogP contribution is 2.39. The fourth-order valence-corrected chi connectivity index (χ4v) is 4.90. The number of rotatable bonds is 13. The van der Waals surface area contributed by atoms with Gasteiger partial charge in [-0.1, -0.05) is 51.0 Å². The fourth-order valence-electron chi connectivity index (χ4n) is 4.90. The maximum absolute atomic E-state index is 15.6. The van der Waals surface area contributed by atoms with Crippen LogP contribution in [-0.4, -0.2) is 37.1 Å². The first-order chi connectivity index (χ1) is 26.6. The average molecular weight is 772 g/mol. The topological polar surface area (TPSA) is 47.6 Å². The van der Waals surface area contributed by atoms with Crippen LogP contribution in [0, 0.1) is 165 Å². The minimum absolute atomic E-state index is 0. The molecule has 2 unspecified atom stereocenters. The van der Waals surface area contributed by atoms with Gasteiger partial charge in [0.15, 0.2) is 6.29 Å². The second kappa shape index (κ2) is 28.6. The van der Waals surface area contributed by atoms with Gasteiger partial charge in [0.25, 0.3) is 5.91 Å². The van der Waals surface area contributed by atoms with E-state index in [1.54, 1.807) is 19.1 Å². The largest absolute Gasteiger partial charge is 0.350 e. The summed E-state index contributed by atoms with van der Waals surface area (Å²) in [5, 5.41) is 2.65. The molecule has 0 aromatic heterocycles. The molecule has 55 heavy (non-hydrogen) atoms. The van der Waals surface area contributed by atoms with Gasteiger partial charge < -0.3 is 14.8 Å². The molecule has 7 atom stereocenters. The molecule has 0 aliphatic carbocycles. The lowest BCUT2D eigenvalue weighted by molar-refractivity contribution is -0.236. The first-order valence-corrected chi connectivity index (χ1v) is 17.2. The summed E-state index contributed by atoms with van der Waals surface area (Å²) >= 11 is 0. The zero-order valence-electron chi connectivity index (χ0n) is 31.8. The van der Waals surface area contributed by atoms with Crippen LogP contribution in [0.5, 0.6) is 0 Å². The molecule has 5 heteroatoms. The number of ether oxygens (including phenoxy) is 2. The maximum Gasteiger partial charge on any atom is 0.297 e. The Bertz CT molecular complexity index is 2270. The van der Waals surface area contributed by atoms with Crippen molar-refractivity contribution in [2.24, 2.45) is 23.2 Å². The average Bonchev–Trinajstić information content (AvgIpc) is 3.15. The molecule has 1 rings (SSSR count). The number of carbonyl (C=O) groups is 1.